The van der Waals surface area contributed by atoms with Crippen molar-refractivity contribution in [2.75, 3.05) is 33.5 Å². The molecule has 0 amide bonds. The predicted molar refractivity (Wildman–Crippen MR) is 68.1 cm³/mol. The van der Waals surface area contributed by atoms with E-state index in [2.05, 4.69) is 12.2 Å². The van der Waals surface area contributed by atoms with Crippen molar-refractivity contribution in [3.05, 3.63) is 0 Å². The molecule has 3 unspecified atom stereocenters. The lowest BCUT2D eigenvalue weighted by Crippen LogP contribution is -2.42. The summed E-state index contributed by atoms with van der Waals surface area (Å²) in [5.74, 6) is 0.727. The normalized spacial score (nSPS) is 27.0. The Balaban J connectivity index is 2.03. The van der Waals surface area contributed by atoms with Gasteiger partial charge in [0.1, 0.15) is 0 Å². The molecule has 0 heterocycles. The highest BCUT2D eigenvalue weighted by atomic mass is 16.5. The number of hydrogen-bond donors (Lipinski definition) is 2. The van der Waals surface area contributed by atoms with Gasteiger partial charge in [-0.2, -0.15) is 0 Å². The van der Waals surface area contributed by atoms with Gasteiger partial charge < -0.3 is 19.9 Å². The molecular weight excluding hydrogens is 218 g/mol. The number of hydrogen-bond acceptors (Lipinski definition) is 4. The standard InChI is InChI=1S/C13H27NO3/c1-11-5-3-4-6-13(11)14-9-12(15)10-17-8-7-16-2/h11-15H,3-10H2,1-2H3. The van der Waals surface area contributed by atoms with Gasteiger partial charge in [-0.05, 0) is 18.8 Å². The number of rotatable bonds is 8. The van der Waals surface area contributed by atoms with Crippen LogP contribution in [0.15, 0.2) is 0 Å². The largest absolute Gasteiger partial charge is 0.389 e. The number of nitrogens with one attached hydrogen (secondary N) is 1. The van der Waals surface area contributed by atoms with Gasteiger partial charge in [0, 0.05) is 19.7 Å². The van der Waals surface area contributed by atoms with E-state index in [-0.39, 0.29) is 0 Å². The van der Waals surface area contributed by atoms with Gasteiger partial charge in [-0.1, -0.05) is 19.8 Å². The van der Waals surface area contributed by atoms with Crippen LogP contribution in [0.1, 0.15) is 32.6 Å². The van der Waals surface area contributed by atoms with E-state index in [1.54, 1.807) is 7.11 Å². The topological polar surface area (TPSA) is 50.7 Å². The molecule has 1 fully saturated rings. The minimum Gasteiger partial charge on any atom is -0.389 e. The lowest BCUT2D eigenvalue weighted by molar-refractivity contribution is 0.0118. The Bertz CT molecular complexity index is 190. The van der Waals surface area contributed by atoms with E-state index in [1.165, 1.54) is 25.7 Å². The van der Waals surface area contributed by atoms with Crippen LogP contribution in [0, 0.1) is 5.92 Å². The molecule has 1 aliphatic rings. The number of aliphatic hydroxyl groups excluding tert-OH is 1. The zero-order chi connectivity index (χ0) is 12.5. The zero-order valence-corrected chi connectivity index (χ0v) is 11.2. The molecule has 0 radical (unpaired) electrons. The molecule has 0 bridgehead atoms. The van der Waals surface area contributed by atoms with Crippen molar-refractivity contribution in [1.82, 2.24) is 5.32 Å². The van der Waals surface area contributed by atoms with E-state index in [4.69, 9.17) is 9.47 Å². The van der Waals surface area contributed by atoms with Crippen LogP contribution in [0.3, 0.4) is 0 Å². The fourth-order valence-corrected chi connectivity index (χ4v) is 2.33. The highest BCUT2D eigenvalue weighted by Crippen LogP contribution is 2.23. The van der Waals surface area contributed by atoms with Gasteiger partial charge in [-0.3, -0.25) is 0 Å². The summed E-state index contributed by atoms with van der Waals surface area (Å²) in [5, 5.41) is 13.2. The predicted octanol–water partition coefficient (Wildman–Crippen LogP) is 1.18. The molecule has 3 atom stereocenters. The number of methoxy groups -OCH3 is 1. The molecule has 17 heavy (non-hydrogen) atoms. The fraction of sp³-hybridized carbons (Fsp3) is 1.00. The summed E-state index contributed by atoms with van der Waals surface area (Å²) in [6.07, 6.45) is 4.78. The van der Waals surface area contributed by atoms with E-state index in [9.17, 15) is 5.11 Å². The average molecular weight is 245 g/mol. The van der Waals surface area contributed by atoms with E-state index in [1.807, 2.05) is 0 Å². The quantitative estimate of drug-likeness (QED) is 0.631. The first kappa shape index (κ1) is 14.9. The summed E-state index contributed by atoms with van der Waals surface area (Å²) in [4.78, 5) is 0. The molecule has 0 aliphatic heterocycles. The molecule has 0 spiro atoms. The van der Waals surface area contributed by atoms with Crippen molar-refractivity contribution in [3.8, 4) is 0 Å². The Hall–Kier alpha value is -0.160. The van der Waals surface area contributed by atoms with Crippen molar-refractivity contribution in [1.29, 1.82) is 0 Å². The van der Waals surface area contributed by atoms with Crippen molar-refractivity contribution in [3.63, 3.8) is 0 Å². The maximum absolute atomic E-state index is 9.74. The highest BCUT2D eigenvalue weighted by molar-refractivity contribution is 4.78. The molecule has 0 aromatic heterocycles. The highest BCUT2D eigenvalue weighted by Gasteiger charge is 2.21. The van der Waals surface area contributed by atoms with Gasteiger partial charge in [0.2, 0.25) is 0 Å². The van der Waals surface area contributed by atoms with E-state index in [0.29, 0.717) is 32.4 Å². The summed E-state index contributed by atoms with van der Waals surface area (Å²) in [7, 11) is 1.64. The van der Waals surface area contributed by atoms with Crippen LogP contribution >= 0.6 is 0 Å². The van der Waals surface area contributed by atoms with Gasteiger partial charge >= 0.3 is 0 Å². The Labute approximate surface area is 105 Å². The monoisotopic (exact) mass is 245 g/mol. The minimum absolute atomic E-state index is 0.386. The Morgan fingerprint density at radius 1 is 1.29 bits per heavy atom. The van der Waals surface area contributed by atoms with Crippen molar-refractivity contribution < 1.29 is 14.6 Å². The van der Waals surface area contributed by atoms with Crippen LogP contribution in [-0.2, 0) is 9.47 Å². The molecule has 4 nitrogen and oxygen atoms in total. The lowest BCUT2D eigenvalue weighted by atomic mass is 9.86. The minimum atomic E-state index is -0.416. The molecule has 2 N–H and O–H groups in total. The number of aliphatic hydroxyl groups is 1. The molecule has 1 aliphatic carbocycles. The SMILES string of the molecule is COCCOCC(O)CNC1CCCCC1C. The first-order valence-electron chi connectivity index (χ1n) is 6.72. The Kier molecular flexibility index (Phi) is 7.77. The second kappa shape index (κ2) is 8.86. The molecule has 102 valence electrons. The van der Waals surface area contributed by atoms with Gasteiger partial charge in [0.05, 0.1) is 25.9 Å². The van der Waals surface area contributed by atoms with Crippen LogP contribution in [0.25, 0.3) is 0 Å². The van der Waals surface area contributed by atoms with Crippen LogP contribution in [0.4, 0.5) is 0 Å². The third kappa shape index (κ3) is 6.36. The van der Waals surface area contributed by atoms with Crippen LogP contribution < -0.4 is 5.32 Å². The van der Waals surface area contributed by atoms with Crippen LogP contribution in [0.2, 0.25) is 0 Å². The van der Waals surface area contributed by atoms with Gasteiger partial charge in [0.25, 0.3) is 0 Å². The van der Waals surface area contributed by atoms with Crippen molar-refractivity contribution >= 4 is 0 Å². The maximum Gasteiger partial charge on any atom is 0.0897 e. The second-order valence-electron chi connectivity index (χ2n) is 5.00. The fourth-order valence-electron chi connectivity index (χ4n) is 2.33. The first-order valence-corrected chi connectivity index (χ1v) is 6.72. The van der Waals surface area contributed by atoms with Crippen LogP contribution in [-0.4, -0.2) is 50.7 Å². The molecule has 1 rings (SSSR count). The lowest BCUT2D eigenvalue weighted by Gasteiger charge is -2.30. The van der Waals surface area contributed by atoms with Gasteiger partial charge in [0.15, 0.2) is 0 Å². The zero-order valence-electron chi connectivity index (χ0n) is 11.2. The van der Waals surface area contributed by atoms with Crippen LogP contribution in [0.5, 0.6) is 0 Å². The molecule has 0 aromatic carbocycles. The van der Waals surface area contributed by atoms with Gasteiger partial charge in [-0.25, -0.2) is 0 Å². The summed E-state index contributed by atoms with van der Waals surface area (Å²) < 4.78 is 10.2. The smallest absolute Gasteiger partial charge is 0.0897 e. The number of ether oxygens (including phenoxy) is 2. The van der Waals surface area contributed by atoms with Crippen molar-refractivity contribution in [2.24, 2.45) is 5.92 Å². The Morgan fingerprint density at radius 3 is 2.76 bits per heavy atom. The summed E-state index contributed by atoms with van der Waals surface area (Å²) >= 11 is 0. The van der Waals surface area contributed by atoms with E-state index >= 15 is 0 Å². The molecule has 1 saturated carbocycles. The van der Waals surface area contributed by atoms with Crippen molar-refractivity contribution in [2.45, 2.75) is 44.8 Å². The Morgan fingerprint density at radius 2 is 2.06 bits per heavy atom. The van der Waals surface area contributed by atoms with E-state index < -0.39 is 6.10 Å². The molecule has 0 aromatic rings. The summed E-state index contributed by atoms with van der Waals surface area (Å²) in [6, 6.07) is 0.567. The summed E-state index contributed by atoms with van der Waals surface area (Å²) in [6.45, 7) is 4.44. The molecular formula is C13H27NO3. The third-order valence-electron chi connectivity index (χ3n) is 3.47. The molecule has 4 heteroatoms. The first-order chi connectivity index (χ1) is 8.24. The summed E-state index contributed by atoms with van der Waals surface area (Å²) in [5.41, 5.74) is 0. The van der Waals surface area contributed by atoms with Gasteiger partial charge in [-0.15, -0.1) is 0 Å². The second-order valence-corrected chi connectivity index (χ2v) is 5.00. The van der Waals surface area contributed by atoms with E-state index in [0.717, 1.165) is 5.92 Å². The third-order valence-corrected chi connectivity index (χ3v) is 3.47. The maximum atomic E-state index is 9.74. The molecule has 0 saturated heterocycles. The average Bonchev–Trinajstić information content (AvgIpc) is 2.34.